The summed E-state index contributed by atoms with van der Waals surface area (Å²) in [5.41, 5.74) is -1.52. The van der Waals surface area contributed by atoms with Gasteiger partial charge in [0.2, 0.25) is 6.17 Å². The first-order valence-electron chi connectivity index (χ1n) is 5.08. The number of carbonyl (C=O) groups is 1. The fourth-order valence-electron chi connectivity index (χ4n) is 1.37. The Bertz CT molecular complexity index is 349. The van der Waals surface area contributed by atoms with Crippen LogP contribution in [0.3, 0.4) is 0 Å². The lowest BCUT2D eigenvalue weighted by Crippen LogP contribution is -2.40. The number of benzene rings is 1. The minimum atomic E-state index is -2.09. The molecule has 4 heteroatoms. The molecule has 3 nitrogen and oxygen atoms in total. The predicted molar refractivity (Wildman–Crippen MR) is 57.5 cm³/mol. The van der Waals surface area contributed by atoms with Crippen molar-refractivity contribution in [2.24, 2.45) is 0 Å². The Morgan fingerprint density at radius 1 is 1.50 bits per heavy atom. The van der Waals surface area contributed by atoms with Crippen molar-refractivity contribution in [3.05, 3.63) is 35.9 Å². The van der Waals surface area contributed by atoms with Gasteiger partial charge in [-0.3, -0.25) is 0 Å². The zero-order valence-corrected chi connectivity index (χ0v) is 9.31. The van der Waals surface area contributed by atoms with Crippen molar-refractivity contribution >= 4 is 5.97 Å². The second kappa shape index (κ2) is 5.07. The molecule has 0 spiro atoms. The van der Waals surface area contributed by atoms with Crippen LogP contribution in [0.25, 0.3) is 0 Å². The highest BCUT2D eigenvalue weighted by molar-refractivity contribution is 5.76. The number of rotatable bonds is 4. The standard InChI is InChI=1S/C12H15FO3/c1-3-16-11(14)10(13)12(2,15)9-7-5-4-6-8-9/h4-8,10,15H,3H2,1-2H3/t10?,12-/m0/s1. The summed E-state index contributed by atoms with van der Waals surface area (Å²) in [7, 11) is 0. The van der Waals surface area contributed by atoms with Crippen LogP contribution >= 0.6 is 0 Å². The number of aliphatic hydroxyl groups is 1. The number of ether oxygens (including phenoxy) is 1. The van der Waals surface area contributed by atoms with Gasteiger partial charge in [-0.1, -0.05) is 30.3 Å². The molecule has 0 aromatic heterocycles. The minimum absolute atomic E-state index is 0.0874. The molecular formula is C12H15FO3. The molecule has 88 valence electrons. The van der Waals surface area contributed by atoms with E-state index in [1.807, 2.05) is 0 Å². The van der Waals surface area contributed by atoms with E-state index < -0.39 is 17.7 Å². The molecule has 0 fully saturated rings. The van der Waals surface area contributed by atoms with E-state index in [1.165, 1.54) is 6.92 Å². The summed E-state index contributed by atoms with van der Waals surface area (Å²) in [5, 5.41) is 9.98. The maximum absolute atomic E-state index is 13.7. The SMILES string of the molecule is CCOC(=O)C(F)[C@@](C)(O)c1ccccc1. The first-order chi connectivity index (χ1) is 7.50. The summed E-state index contributed by atoms with van der Waals surface area (Å²) >= 11 is 0. The third-order valence-corrected chi connectivity index (χ3v) is 2.35. The number of hydrogen-bond donors (Lipinski definition) is 1. The number of alkyl halides is 1. The molecule has 16 heavy (non-hydrogen) atoms. The zero-order chi connectivity index (χ0) is 12.2. The Hall–Kier alpha value is -1.42. The molecule has 0 aliphatic carbocycles. The lowest BCUT2D eigenvalue weighted by atomic mass is 9.91. The molecule has 0 saturated heterocycles. The molecule has 1 aromatic rings. The second-order valence-electron chi connectivity index (χ2n) is 3.63. The van der Waals surface area contributed by atoms with Crippen LogP contribution in [0, 0.1) is 0 Å². The van der Waals surface area contributed by atoms with Crippen molar-refractivity contribution in [3.8, 4) is 0 Å². The van der Waals surface area contributed by atoms with Crippen LogP contribution < -0.4 is 0 Å². The van der Waals surface area contributed by atoms with Crippen molar-refractivity contribution in [2.45, 2.75) is 25.6 Å². The molecule has 0 radical (unpaired) electrons. The van der Waals surface area contributed by atoms with Gasteiger partial charge in [0.15, 0.2) is 0 Å². The molecule has 1 unspecified atom stereocenters. The lowest BCUT2D eigenvalue weighted by Gasteiger charge is -2.26. The van der Waals surface area contributed by atoms with Crippen LogP contribution in [0.5, 0.6) is 0 Å². The number of halogens is 1. The van der Waals surface area contributed by atoms with E-state index in [0.717, 1.165) is 0 Å². The van der Waals surface area contributed by atoms with Gasteiger partial charge in [-0.15, -0.1) is 0 Å². The Kier molecular flexibility index (Phi) is 4.01. The zero-order valence-electron chi connectivity index (χ0n) is 9.31. The Morgan fingerprint density at radius 3 is 2.56 bits per heavy atom. The molecule has 0 amide bonds. The Balaban J connectivity index is 2.89. The van der Waals surface area contributed by atoms with E-state index in [1.54, 1.807) is 37.3 Å². The van der Waals surface area contributed by atoms with E-state index in [0.29, 0.717) is 5.56 Å². The van der Waals surface area contributed by atoms with Crippen molar-refractivity contribution in [1.82, 2.24) is 0 Å². The van der Waals surface area contributed by atoms with Gasteiger partial charge in [-0.25, -0.2) is 9.18 Å². The van der Waals surface area contributed by atoms with E-state index >= 15 is 0 Å². The molecule has 0 aliphatic heterocycles. The average Bonchev–Trinajstić information content (AvgIpc) is 2.29. The topological polar surface area (TPSA) is 46.5 Å². The average molecular weight is 226 g/mol. The minimum Gasteiger partial charge on any atom is -0.464 e. The van der Waals surface area contributed by atoms with Crippen molar-refractivity contribution in [1.29, 1.82) is 0 Å². The van der Waals surface area contributed by atoms with Gasteiger partial charge in [0, 0.05) is 0 Å². The molecule has 0 bridgehead atoms. The fourth-order valence-corrected chi connectivity index (χ4v) is 1.37. The maximum Gasteiger partial charge on any atom is 0.344 e. The molecule has 0 heterocycles. The van der Waals surface area contributed by atoms with Gasteiger partial charge in [0.05, 0.1) is 6.61 Å². The highest BCUT2D eigenvalue weighted by atomic mass is 19.1. The van der Waals surface area contributed by atoms with Crippen LogP contribution in [-0.2, 0) is 15.1 Å². The van der Waals surface area contributed by atoms with E-state index in [9.17, 15) is 14.3 Å². The molecule has 1 aromatic carbocycles. The first-order valence-corrected chi connectivity index (χ1v) is 5.08. The first kappa shape index (κ1) is 12.6. The fraction of sp³-hybridized carbons (Fsp3) is 0.417. The normalized spacial score (nSPS) is 16.2. The van der Waals surface area contributed by atoms with Crippen molar-refractivity contribution in [3.63, 3.8) is 0 Å². The second-order valence-corrected chi connectivity index (χ2v) is 3.63. The van der Waals surface area contributed by atoms with Crippen LogP contribution in [0.1, 0.15) is 19.4 Å². The largest absolute Gasteiger partial charge is 0.464 e. The molecule has 0 saturated carbocycles. The number of hydrogen-bond acceptors (Lipinski definition) is 3. The molecule has 2 atom stereocenters. The van der Waals surface area contributed by atoms with E-state index in [4.69, 9.17) is 0 Å². The van der Waals surface area contributed by atoms with Crippen LogP contribution in [0.15, 0.2) is 30.3 Å². The van der Waals surface area contributed by atoms with Crippen LogP contribution in [0.4, 0.5) is 4.39 Å². The van der Waals surface area contributed by atoms with E-state index in [-0.39, 0.29) is 6.61 Å². The highest BCUT2D eigenvalue weighted by Crippen LogP contribution is 2.27. The summed E-state index contributed by atoms with van der Waals surface area (Å²) in [6.45, 7) is 2.93. The third-order valence-electron chi connectivity index (χ3n) is 2.35. The highest BCUT2D eigenvalue weighted by Gasteiger charge is 2.40. The van der Waals surface area contributed by atoms with Gasteiger partial charge >= 0.3 is 5.97 Å². The van der Waals surface area contributed by atoms with Gasteiger partial charge in [0.25, 0.3) is 0 Å². The predicted octanol–water partition coefficient (Wildman–Crippen LogP) is 1.80. The summed E-state index contributed by atoms with van der Waals surface area (Å²) in [6, 6.07) is 8.21. The maximum atomic E-state index is 13.7. The molecule has 1 N–H and O–H groups in total. The lowest BCUT2D eigenvalue weighted by molar-refractivity contribution is -0.160. The van der Waals surface area contributed by atoms with Gasteiger partial charge in [-0.2, -0.15) is 0 Å². The van der Waals surface area contributed by atoms with Crippen LogP contribution in [-0.4, -0.2) is 23.9 Å². The smallest absolute Gasteiger partial charge is 0.344 e. The number of carbonyl (C=O) groups excluding carboxylic acids is 1. The quantitative estimate of drug-likeness (QED) is 0.796. The number of esters is 1. The van der Waals surface area contributed by atoms with Crippen molar-refractivity contribution < 1.29 is 19.0 Å². The Morgan fingerprint density at radius 2 is 2.06 bits per heavy atom. The van der Waals surface area contributed by atoms with Gasteiger partial charge in [0.1, 0.15) is 5.60 Å². The summed E-state index contributed by atoms with van der Waals surface area (Å²) < 4.78 is 18.3. The Labute approximate surface area is 93.9 Å². The van der Waals surface area contributed by atoms with Gasteiger partial charge < -0.3 is 9.84 Å². The summed E-state index contributed by atoms with van der Waals surface area (Å²) in [6.07, 6.45) is -2.09. The van der Waals surface area contributed by atoms with E-state index in [2.05, 4.69) is 4.74 Å². The molecular weight excluding hydrogens is 211 g/mol. The monoisotopic (exact) mass is 226 g/mol. The summed E-state index contributed by atoms with van der Waals surface area (Å²) in [4.78, 5) is 11.2. The summed E-state index contributed by atoms with van der Waals surface area (Å²) in [5.74, 6) is -1.05. The van der Waals surface area contributed by atoms with Gasteiger partial charge in [-0.05, 0) is 19.4 Å². The van der Waals surface area contributed by atoms with Crippen molar-refractivity contribution in [2.75, 3.05) is 6.61 Å². The van der Waals surface area contributed by atoms with Crippen LogP contribution in [0.2, 0.25) is 0 Å². The third kappa shape index (κ3) is 2.58. The molecule has 0 aliphatic rings. The molecule has 1 rings (SSSR count).